The summed E-state index contributed by atoms with van der Waals surface area (Å²) in [5.41, 5.74) is 3.07. The lowest BCUT2D eigenvalue weighted by atomic mass is 9.87. The highest BCUT2D eigenvalue weighted by atomic mass is 32.1. The van der Waals surface area contributed by atoms with Crippen molar-refractivity contribution in [1.82, 2.24) is 9.97 Å². The molecule has 0 aliphatic rings. The molecule has 3 aromatic rings. The van der Waals surface area contributed by atoms with E-state index in [1.54, 1.807) is 24.6 Å². The van der Waals surface area contributed by atoms with Crippen LogP contribution in [0.25, 0.3) is 21.5 Å². The highest BCUT2D eigenvalue weighted by molar-refractivity contribution is 7.13. The van der Waals surface area contributed by atoms with Gasteiger partial charge in [-0.15, -0.1) is 11.3 Å². The highest BCUT2D eigenvalue weighted by Crippen LogP contribution is 2.40. The average Bonchev–Trinajstić information content (AvgIpc) is 2.98. The summed E-state index contributed by atoms with van der Waals surface area (Å²) < 4.78 is 5.71. The number of nitrogens with zero attached hydrogens (tertiary/aromatic N) is 2. The minimum absolute atomic E-state index is 0.0498. The van der Waals surface area contributed by atoms with Crippen molar-refractivity contribution >= 4 is 22.1 Å². The van der Waals surface area contributed by atoms with Gasteiger partial charge in [-0.25, -0.2) is 9.97 Å². The van der Waals surface area contributed by atoms with Crippen LogP contribution in [0.4, 0.5) is 0 Å². The third-order valence-corrected chi connectivity index (χ3v) is 4.44. The summed E-state index contributed by atoms with van der Waals surface area (Å²) >= 11 is 1.58. The third kappa shape index (κ3) is 2.48. The Morgan fingerprint density at radius 2 is 1.91 bits per heavy atom. The fourth-order valence-corrected chi connectivity index (χ4v) is 3.29. The minimum Gasteiger partial charge on any atom is -0.494 e. The SMILES string of the molecule is COc1c(-c2nccs2)nc(C(C)(C)C)c2ccc(C)cc12. The Kier molecular flexibility index (Phi) is 3.65. The lowest BCUT2D eigenvalue weighted by Gasteiger charge is -2.23. The van der Waals surface area contributed by atoms with Crippen molar-refractivity contribution in [3.63, 3.8) is 0 Å². The molecule has 0 bridgehead atoms. The molecule has 0 saturated carbocycles. The van der Waals surface area contributed by atoms with Crippen molar-refractivity contribution in [3.8, 4) is 16.5 Å². The van der Waals surface area contributed by atoms with E-state index in [2.05, 4.69) is 50.9 Å². The highest BCUT2D eigenvalue weighted by Gasteiger charge is 2.24. The van der Waals surface area contributed by atoms with Gasteiger partial charge in [0.1, 0.15) is 10.7 Å². The molecule has 114 valence electrons. The van der Waals surface area contributed by atoms with Crippen LogP contribution in [0.3, 0.4) is 0 Å². The first-order chi connectivity index (χ1) is 10.4. The number of hydrogen-bond donors (Lipinski definition) is 0. The number of fused-ring (bicyclic) bond motifs is 1. The summed E-state index contributed by atoms with van der Waals surface area (Å²) in [6.07, 6.45) is 1.80. The molecule has 0 fully saturated rings. The van der Waals surface area contributed by atoms with Gasteiger partial charge in [0.15, 0.2) is 5.75 Å². The van der Waals surface area contributed by atoms with E-state index in [0.717, 1.165) is 32.9 Å². The number of hydrogen-bond acceptors (Lipinski definition) is 4. The van der Waals surface area contributed by atoms with E-state index in [1.165, 1.54) is 5.56 Å². The maximum absolute atomic E-state index is 5.71. The number of methoxy groups -OCH3 is 1. The van der Waals surface area contributed by atoms with Crippen molar-refractivity contribution in [2.24, 2.45) is 0 Å². The monoisotopic (exact) mass is 312 g/mol. The number of pyridine rings is 1. The number of rotatable bonds is 2. The minimum atomic E-state index is -0.0498. The molecule has 0 amide bonds. The van der Waals surface area contributed by atoms with Gasteiger partial charge in [-0.2, -0.15) is 0 Å². The number of ether oxygens (including phenoxy) is 1. The first-order valence-electron chi connectivity index (χ1n) is 7.30. The van der Waals surface area contributed by atoms with E-state index in [-0.39, 0.29) is 5.41 Å². The Balaban J connectivity index is 2.46. The molecule has 1 aromatic carbocycles. The Bertz CT molecular complexity index is 817. The Morgan fingerprint density at radius 1 is 1.14 bits per heavy atom. The zero-order valence-electron chi connectivity index (χ0n) is 13.6. The van der Waals surface area contributed by atoms with Crippen LogP contribution in [0, 0.1) is 6.92 Å². The van der Waals surface area contributed by atoms with Crippen LogP contribution in [-0.2, 0) is 5.41 Å². The summed E-state index contributed by atoms with van der Waals surface area (Å²) in [7, 11) is 1.70. The molecule has 0 unspecified atom stereocenters. The van der Waals surface area contributed by atoms with E-state index >= 15 is 0 Å². The summed E-state index contributed by atoms with van der Waals surface area (Å²) in [6, 6.07) is 6.44. The molecule has 0 aliphatic carbocycles. The van der Waals surface area contributed by atoms with E-state index < -0.39 is 0 Å². The lowest BCUT2D eigenvalue weighted by Crippen LogP contribution is -2.15. The van der Waals surface area contributed by atoms with E-state index in [9.17, 15) is 0 Å². The molecule has 2 aromatic heterocycles. The predicted octanol–water partition coefficient (Wildman–Crippen LogP) is 4.97. The molecule has 3 nitrogen and oxygen atoms in total. The molecule has 0 spiro atoms. The Hall–Kier alpha value is -1.94. The van der Waals surface area contributed by atoms with Gasteiger partial charge in [0, 0.05) is 27.8 Å². The molecule has 0 N–H and O–H groups in total. The fraction of sp³-hybridized carbons (Fsp3) is 0.333. The van der Waals surface area contributed by atoms with Gasteiger partial charge in [0.2, 0.25) is 0 Å². The summed E-state index contributed by atoms with van der Waals surface area (Å²) in [4.78, 5) is 9.36. The van der Waals surface area contributed by atoms with Gasteiger partial charge in [0.05, 0.1) is 12.8 Å². The lowest BCUT2D eigenvalue weighted by molar-refractivity contribution is 0.419. The van der Waals surface area contributed by atoms with E-state index in [0.29, 0.717) is 0 Å². The number of aromatic nitrogens is 2. The van der Waals surface area contributed by atoms with Gasteiger partial charge in [-0.3, -0.25) is 0 Å². The zero-order chi connectivity index (χ0) is 15.9. The Morgan fingerprint density at radius 3 is 2.50 bits per heavy atom. The van der Waals surface area contributed by atoms with Crippen LogP contribution in [-0.4, -0.2) is 17.1 Å². The van der Waals surface area contributed by atoms with Gasteiger partial charge in [-0.1, -0.05) is 38.5 Å². The molecule has 2 heterocycles. The summed E-state index contributed by atoms with van der Waals surface area (Å²) in [5, 5.41) is 5.11. The molecular formula is C18H20N2OS. The molecule has 0 atom stereocenters. The maximum Gasteiger partial charge on any atom is 0.155 e. The van der Waals surface area contributed by atoms with Crippen molar-refractivity contribution in [2.45, 2.75) is 33.1 Å². The van der Waals surface area contributed by atoms with Crippen molar-refractivity contribution in [1.29, 1.82) is 0 Å². The van der Waals surface area contributed by atoms with Gasteiger partial charge >= 0.3 is 0 Å². The zero-order valence-corrected chi connectivity index (χ0v) is 14.4. The smallest absolute Gasteiger partial charge is 0.155 e. The first kappa shape index (κ1) is 15.0. The van der Waals surface area contributed by atoms with Crippen molar-refractivity contribution in [3.05, 3.63) is 41.0 Å². The van der Waals surface area contributed by atoms with E-state index in [4.69, 9.17) is 9.72 Å². The standard InChI is InChI=1S/C18H20N2OS/c1-11-6-7-12-13(10-11)15(21-5)14(17-19-8-9-22-17)20-16(12)18(2,3)4/h6-10H,1-5H3. The average molecular weight is 312 g/mol. The fourth-order valence-electron chi connectivity index (χ4n) is 2.67. The van der Waals surface area contributed by atoms with Crippen LogP contribution < -0.4 is 4.74 Å². The molecule has 4 heteroatoms. The number of thiazole rings is 1. The largest absolute Gasteiger partial charge is 0.494 e. The van der Waals surface area contributed by atoms with Gasteiger partial charge < -0.3 is 4.74 Å². The first-order valence-corrected chi connectivity index (χ1v) is 8.18. The summed E-state index contributed by atoms with van der Waals surface area (Å²) in [5.74, 6) is 0.807. The van der Waals surface area contributed by atoms with Crippen LogP contribution in [0.1, 0.15) is 32.0 Å². The predicted molar refractivity (Wildman–Crippen MR) is 92.8 cm³/mol. The molecule has 0 aliphatic heterocycles. The second kappa shape index (κ2) is 5.36. The summed E-state index contributed by atoms with van der Waals surface area (Å²) in [6.45, 7) is 8.66. The third-order valence-electron chi connectivity index (χ3n) is 3.66. The number of benzene rings is 1. The second-order valence-corrected chi connectivity index (χ2v) is 7.37. The Labute approximate surface area is 135 Å². The van der Waals surface area contributed by atoms with E-state index in [1.807, 2.05) is 5.38 Å². The molecule has 22 heavy (non-hydrogen) atoms. The normalized spacial score (nSPS) is 11.9. The maximum atomic E-state index is 5.71. The van der Waals surface area contributed by atoms with Crippen molar-refractivity contribution in [2.75, 3.05) is 7.11 Å². The topological polar surface area (TPSA) is 35.0 Å². The van der Waals surface area contributed by atoms with Crippen LogP contribution >= 0.6 is 11.3 Å². The van der Waals surface area contributed by atoms with Crippen LogP contribution in [0.5, 0.6) is 5.75 Å². The molecule has 3 rings (SSSR count). The molecular weight excluding hydrogens is 292 g/mol. The van der Waals surface area contributed by atoms with Gasteiger partial charge in [-0.05, 0) is 13.0 Å². The second-order valence-electron chi connectivity index (χ2n) is 6.48. The van der Waals surface area contributed by atoms with Crippen LogP contribution in [0.2, 0.25) is 0 Å². The van der Waals surface area contributed by atoms with Crippen molar-refractivity contribution < 1.29 is 4.74 Å². The molecule has 0 radical (unpaired) electrons. The van der Waals surface area contributed by atoms with Gasteiger partial charge in [0.25, 0.3) is 0 Å². The molecule has 0 saturated heterocycles. The quantitative estimate of drug-likeness (QED) is 0.670. The van der Waals surface area contributed by atoms with Crippen LogP contribution in [0.15, 0.2) is 29.8 Å². The number of aryl methyl sites for hydroxylation is 1.